The fourth-order valence-corrected chi connectivity index (χ4v) is 5.69. The van der Waals surface area contributed by atoms with Crippen molar-refractivity contribution in [3.63, 3.8) is 0 Å². The molecule has 0 amide bonds. The van der Waals surface area contributed by atoms with Crippen LogP contribution in [-0.4, -0.2) is 31.9 Å². The molecule has 116 valence electrons. The summed E-state index contributed by atoms with van der Waals surface area (Å²) >= 11 is 6.07. The summed E-state index contributed by atoms with van der Waals surface area (Å²) in [7, 11) is -3.48. The number of hydrogen-bond acceptors (Lipinski definition) is 3. The Labute approximate surface area is 131 Å². The highest BCUT2D eigenvalue weighted by atomic mass is 35.5. The van der Waals surface area contributed by atoms with E-state index in [1.54, 1.807) is 29.4 Å². The standard InChI is InChI=1S/C15H21ClN2O2S/c1-10-13(16)5-3-7-15(10)21(19,20)18-8-11-4-2-6-14(17)12(11)9-18/h3,5,7,11-12,14H,2,4,6,8-9,17H2,1H3. The predicted octanol–water partition coefficient (Wildman–Crippen LogP) is 2.40. The molecule has 0 radical (unpaired) electrons. The zero-order valence-electron chi connectivity index (χ0n) is 12.1. The molecule has 21 heavy (non-hydrogen) atoms. The first-order chi connectivity index (χ1) is 9.91. The average molecular weight is 329 g/mol. The van der Waals surface area contributed by atoms with Crippen molar-refractivity contribution in [3.05, 3.63) is 28.8 Å². The third-order valence-electron chi connectivity index (χ3n) is 4.96. The maximum Gasteiger partial charge on any atom is 0.243 e. The monoisotopic (exact) mass is 328 g/mol. The van der Waals surface area contributed by atoms with Gasteiger partial charge >= 0.3 is 0 Å². The van der Waals surface area contributed by atoms with Crippen LogP contribution in [0.1, 0.15) is 24.8 Å². The van der Waals surface area contributed by atoms with Crippen molar-refractivity contribution in [2.75, 3.05) is 13.1 Å². The predicted molar refractivity (Wildman–Crippen MR) is 83.8 cm³/mol. The topological polar surface area (TPSA) is 63.4 Å². The molecule has 1 aromatic carbocycles. The molecule has 1 aromatic rings. The SMILES string of the molecule is Cc1c(Cl)cccc1S(=O)(=O)N1CC2CCCC(N)C2C1. The fourth-order valence-electron chi connectivity index (χ4n) is 3.68. The van der Waals surface area contributed by atoms with Crippen LogP contribution in [0.5, 0.6) is 0 Å². The summed E-state index contributed by atoms with van der Waals surface area (Å²) in [4.78, 5) is 0.321. The molecule has 0 aromatic heterocycles. The van der Waals surface area contributed by atoms with E-state index in [9.17, 15) is 8.42 Å². The summed E-state index contributed by atoms with van der Waals surface area (Å²) < 4.78 is 27.4. The maximum atomic E-state index is 12.9. The molecule has 1 aliphatic carbocycles. The Morgan fingerprint density at radius 1 is 1.29 bits per heavy atom. The first kappa shape index (κ1) is 15.3. The van der Waals surface area contributed by atoms with Gasteiger partial charge in [-0.15, -0.1) is 0 Å². The molecule has 1 heterocycles. The van der Waals surface area contributed by atoms with E-state index < -0.39 is 10.0 Å². The second kappa shape index (κ2) is 5.54. The second-order valence-corrected chi connectivity index (χ2v) is 8.52. The van der Waals surface area contributed by atoms with Crippen LogP contribution in [0, 0.1) is 18.8 Å². The first-order valence-electron chi connectivity index (χ1n) is 7.42. The molecule has 2 fully saturated rings. The largest absolute Gasteiger partial charge is 0.327 e. The Kier molecular flexibility index (Phi) is 4.03. The Morgan fingerprint density at radius 2 is 2.05 bits per heavy atom. The Morgan fingerprint density at radius 3 is 2.76 bits per heavy atom. The van der Waals surface area contributed by atoms with Gasteiger partial charge in [0.15, 0.2) is 0 Å². The van der Waals surface area contributed by atoms with Crippen molar-refractivity contribution in [2.45, 2.75) is 37.1 Å². The van der Waals surface area contributed by atoms with Crippen LogP contribution >= 0.6 is 11.6 Å². The molecule has 2 aliphatic rings. The van der Waals surface area contributed by atoms with Crippen LogP contribution in [0.2, 0.25) is 5.02 Å². The smallest absolute Gasteiger partial charge is 0.243 e. The van der Waals surface area contributed by atoms with Gasteiger partial charge in [-0.3, -0.25) is 0 Å². The number of nitrogens with zero attached hydrogens (tertiary/aromatic N) is 1. The van der Waals surface area contributed by atoms with Gasteiger partial charge in [0, 0.05) is 24.2 Å². The fraction of sp³-hybridized carbons (Fsp3) is 0.600. The van der Waals surface area contributed by atoms with Gasteiger partial charge in [-0.1, -0.05) is 24.1 Å². The van der Waals surface area contributed by atoms with Crippen LogP contribution in [0.25, 0.3) is 0 Å². The number of benzene rings is 1. The molecule has 6 heteroatoms. The minimum Gasteiger partial charge on any atom is -0.327 e. The van der Waals surface area contributed by atoms with E-state index >= 15 is 0 Å². The average Bonchev–Trinajstić information content (AvgIpc) is 2.88. The van der Waals surface area contributed by atoms with E-state index in [0.29, 0.717) is 40.4 Å². The second-order valence-electron chi connectivity index (χ2n) is 6.20. The molecule has 0 bridgehead atoms. The summed E-state index contributed by atoms with van der Waals surface area (Å²) in [5.74, 6) is 0.705. The van der Waals surface area contributed by atoms with Crippen LogP contribution in [0.15, 0.2) is 23.1 Å². The molecule has 3 atom stereocenters. The molecule has 0 spiro atoms. The minimum absolute atomic E-state index is 0.129. The highest BCUT2D eigenvalue weighted by Gasteiger charge is 2.43. The van der Waals surface area contributed by atoms with Gasteiger partial charge in [-0.05, 0) is 49.3 Å². The Hall–Kier alpha value is -0.620. The molecule has 1 aliphatic heterocycles. The van der Waals surface area contributed by atoms with Gasteiger partial charge < -0.3 is 5.73 Å². The highest BCUT2D eigenvalue weighted by molar-refractivity contribution is 7.89. The lowest BCUT2D eigenvalue weighted by Crippen LogP contribution is -2.38. The van der Waals surface area contributed by atoms with E-state index in [-0.39, 0.29) is 6.04 Å². The number of nitrogens with two attached hydrogens (primary N) is 1. The molecular weight excluding hydrogens is 308 g/mol. The van der Waals surface area contributed by atoms with E-state index in [0.717, 1.165) is 19.3 Å². The molecular formula is C15H21ClN2O2S. The molecule has 1 saturated carbocycles. The number of hydrogen-bond donors (Lipinski definition) is 1. The van der Waals surface area contributed by atoms with Gasteiger partial charge in [-0.2, -0.15) is 4.31 Å². The van der Waals surface area contributed by atoms with E-state index in [1.807, 2.05) is 0 Å². The first-order valence-corrected chi connectivity index (χ1v) is 9.24. The Bertz CT molecular complexity index is 647. The molecule has 3 unspecified atom stereocenters. The van der Waals surface area contributed by atoms with Gasteiger partial charge in [-0.25, -0.2) is 8.42 Å². The molecule has 1 saturated heterocycles. The minimum atomic E-state index is -3.48. The summed E-state index contributed by atoms with van der Waals surface area (Å²) in [6.45, 7) is 2.89. The zero-order valence-corrected chi connectivity index (χ0v) is 13.7. The van der Waals surface area contributed by atoms with Crippen LogP contribution in [-0.2, 0) is 10.0 Å². The van der Waals surface area contributed by atoms with Crippen molar-refractivity contribution in [3.8, 4) is 0 Å². The van der Waals surface area contributed by atoms with Crippen molar-refractivity contribution < 1.29 is 8.42 Å². The number of fused-ring (bicyclic) bond motifs is 1. The van der Waals surface area contributed by atoms with Crippen molar-refractivity contribution in [2.24, 2.45) is 17.6 Å². The van der Waals surface area contributed by atoms with Crippen molar-refractivity contribution >= 4 is 21.6 Å². The van der Waals surface area contributed by atoms with Crippen molar-refractivity contribution in [1.29, 1.82) is 0 Å². The zero-order chi connectivity index (χ0) is 15.2. The van der Waals surface area contributed by atoms with Gasteiger partial charge in [0.1, 0.15) is 0 Å². The summed E-state index contributed by atoms with van der Waals surface area (Å²) in [6, 6.07) is 5.18. The number of rotatable bonds is 2. The van der Waals surface area contributed by atoms with Crippen molar-refractivity contribution in [1.82, 2.24) is 4.31 Å². The van der Waals surface area contributed by atoms with Crippen LogP contribution in [0.3, 0.4) is 0 Å². The van der Waals surface area contributed by atoms with Crippen LogP contribution < -0.4 is 5.73 Å². The third kappa shape index (κ3) is 2.61. The van der Waals surface area contributed by atoms with Gasteiger partial charge in [0.05, 0.1) is 4.90 Å². The number of sulfonamides is 1. The highest BCUT2D eigenvalue weighted by Crippen LogP contribution is 2.38. The quantitative estimate of drug-likeness (QED) is 0.906. The normalized spacial score (nSPS) is 30.3. The molecule has 4 nitrogen and oxygen atoms in total. The summed E-state index contributed by atoms with van der Waals surface area (Å²) in [6.07, 6.45) is 3.19. The van der Waals surface area contributed by atoms with E-state index in [4.69, 9.17) is 17.3 Å². The summed E-state index contributed by atoms with van der Waals surface area (Å²) in [5, 5.41) is 0.490. The molecule has 2 N–H and O–H groups in total. The Balaban J connectivity index is 1.91. The number of halogens is 1. The maximum absolute atomic E-state index is 12.9. The summed E-state index contributed by atoms with van der Waals surface area (Å²) in [5.41, 5.74) is 6.80. The van der Waals surface area contributed by atoms with E-state index in [1.165, 1.54) is 0 Å². The van der Waals surface area contributed by atoms with E-state index in [2.05, 4.69) is 0 Å². The van der Waals surface area contributed by atoms with Gasteiger partial charge in [0.2, 0.25) is 10.0 Å². The molecule has 3 rings (SSSR count). The lowest BCUT2D eigenvalue weighted by molar-refractivity contribution is 0.260. The lowest BCUT2D eigenvalue weighted by Gasteiger charge is -2.29. The third-order valence-corrected chi connectivity index (χ3v) is 7.34. The lowest BCUT2D eigenvalue weighted by atomic mass is 9.78. The van der Waals surface area contributed by atoms with Gasteiger partial charge in [0.25, 0.3) is 0 Å². The van der Waals surface area contributed by atoms with Crippen LogP contribution in [0.4, 0.5) is 0 Å².